The Kier molecular flexibility index (Phi) is 11.8. The van der Waals surface area contributed by atoms with Crippen molar-refractivity contribution in [1.82, 2.24) is 0 Å². The van der Waals surface area contributed by atoms with Crippen LogP contribution in [0.25, 0.3) is 0 Å². The Morgan fingerprint density at radius 3 is 1.55 bits per heavy atom. The van der Waals surface area contributed by atoms with Gasteiger partial charge in [0.1, 0.15) is 0 Å². The molecule has 1 nitrogen and oxygen atoms in total. The summed E-state index contributed by atoms with van der Waals surface area (Å²) < 4.78 is 6.85. The Labute approximate surface area is 142 Å². The highest BCUT2D eigenvalue weighted by atomic mass is 28.4. The van der Waals surface area contributed by atoms with E-state index in [4.69, 9.17) is 4.43 Å². The van der Waals surface area contributed by atoms with Gasteiger partial charge in [-0.3, -0.25) is 0 Å². The molecule has 0 spiro atoms. The van der Waals surface area contributed by atoms with E-state index in [1.807, 2.05) is 0 Å². The maximum absolute atomic E-state index is 6.85. The van der Waals surface area contributed by atoms with E-state index < -0.39 is 8.32 Å². The van der Waals surface area contributed by atoms with Crippen molar-refractivity contribution >= 4 is 8.32 Å². The molecule has 0 saturated heterocycles. The summed E-state index contributed by atoms with van der Waals surface area (Å²) in [6.45, 7) is 19.9. The maximum atomic E-state index is 6.85. The monoisotopic (exact) mass is 328 g/mol. The van der Waals surface area contributed by atoms with E-state index in [0.29, 0.717) is 0 Å². The van der Waals surface area contributed by atoms with Gasteiger partial charge >= 0.3 is 0 Å². The molecule has 0 rings (SSSR count). The zero-order valence-electron chi connectivity index (χ0n) is 16.9. The maximum Gasteiger partial charge on any atom is 0.193 e. The van der Waals surface area contributed by atoms with E-state index in [-0.39, 0.29) is 0 Å². The summed E-state index contributed by atoms with van der Waals surface area (Å²) in [6, 6.07) is 4.02. The van der Waals surface area contributed by atoms with E-state index >= 15 is 0 Å². The lowest BCUT2D eigenvalue weighted by molar-refractivity contribution is 0.212. The van der Waals surface area contributed by atoms with Crippen LogP contribution in [0.3, 0.4) is 0 Å². The van der Waals surface area contributed by atoms with Gasteiger partial charge in [-0.25, -0.2) is 0 Å². The third-order valence-corrected chi connectivity index (χ3v) is 9.97. The van der Waals surface area contributed by atoms with Crippen molar-refractivity contribution in [3.05, 3.63) is 0 Å². The highest BCUT2D eigenvalue weighted by Crippen LogP contribution is 2.34. The quantitative estimate of drug-likeness (QED) is 0.327. The molecular weight excluding hydrogens is 284 g/mol. The molecule has 134 valence electrons. The Hall–Kier alpha value is 0.177. The smallest absolute Gasteiger partial charge is 0.193 e. The van der Waals surface area contributed by atoms with E-state index in [0.717, 1.165) is 30.3 Å². The minimum Gasteiger partial charge on any atom is -0.416 e. The molecule has 1 atom stereocenters. The number of rotatable bonds is 13. The van der Waals surface area contributed by atoms with Crippen molar-refractivity contribution < 1.29 is 4.43 Å². The van der Waals surface area contributed by atoms with Gasteiger partial charge in [0.2, 0.25) is 0 Å². The van der Waals surface area contributed by atoms with Gasteiger partial charge in [-0.15, -0.1) is 0 Å². The molecule has 0 saturated carbocycles. The van der Waals surface area contributed by atoms with Crippen LogP contribution in [0.5, 0.6) is 0 Å². The van der Waals surface area contributed by atoms with Gasteiger partial charge in [0, 0.05) is 6.61 Å². The lowest BCUT2D eigenvalue weighted by atomic mass is 10.0. The summed E-state index contributed by atoms with van der Waals surface area (Å²) in [6.07, 6.45) is 5.29. The topological polar surface area (TPSA) is 9.23 Å². The molecule has 0 heterocycles. The fourth-order valence-corrected chi connectivity index (χ4v) is 9.76. The van der Waals surface area contributed by atoms with Crippen LogP contribution in [-0.4, -0.2) is 14.9 Å². The van der Waals surface area contributed by atoms with Gasteiger partial charge in [-0.05, 0) is 48.2 Å². The van der Waals surface area contributed by atoms with E-state index in [9.17, 15) is 0 Å². The summed E-state index contributed by atoms with van der Waals surface area (Å²) >= 11 is 0. The Morgan fingerprint density at radius 1 is 0.773 bits per heavy atom. The average Bonchev–Trinajstić information content (AvgIpc) is 2.36. The van der Waals surface area contributed by atoms with Gasteiger partial charge in [0.05, 0.1) is 0 Å². The van der Waals surface area contributed by atoms with Gasteiger partial charge in [-0.2, -0.15) is 0 Å². The molecule has 0 fully saturated rings. The lowest BCUT2D eigenvalue weighted by Gasteiger charge is -2.37. The Balaban J connectivity index is 4.92. The second kappa shape index (κ2) is 11.7. The number of hydrogen-bond acceptors (Lipinski definition) is 1. The zero-order chi connectivity index (χ0) is 17.2. The third-order valence-electron chi connectivity index (χ3n) is 4.51. The predicted molar refractivity (Wildman–Crippen MR) is 104 cm³/mol. The first-order valence-corrected chi connectivity index (χ1v) is 12.4. The normalized spacial score (nSPS) is 14.3. The molecular formula is C20H44OSi. The van der Waals surface area contributed by atoms with Crippen LogP contribution in [0.2, 0.25) is 18.1 Å². The molecule has 0 amide bonds. The predicted octanol–water partition coefficient (Wildman–Crippen LogP) is 7.13. The largest absolute Gasteiger partial charge is 0.416 e. The van der Waals surface area contributed by atoms with Crippen LogP contribution < -0.4 is 0 Å². The lowest BCUT2D eigenvalue weighted by Crippen LogP contribution is -2.43. The summed E-state index contributed by atoms with van der Waals surface area (Å²) in [5.74, 6) is 3.07. The zero-order valence-corrected chi connectivity index (χ0v) is 17.9. The van der Waals surface area contributed by atoms with Crippen LogP contribution >= 0.6 is 0 Å². The third kappa shape index (κ3) is 10.0. The molecule has 1 unspecified atom stereocenters. The summed E-state index contributed by atoms with van der Waals surface area (Å²) in [4.78, 5) is 0. The van der Waals surface area contributed by atoms with Crippen LogP contribution in [0, 0.1) is 23.7 Å². The SMILES string of the molecule is CCCCC(CC)CO[Si](CC(C)C)(CC(C)C)CC(C)C. The van der Waals surface area contributed by atoms with Crippen molar-refractivity contribution in [3.63, 3.8) is 0 Å². The van der Waals surface area contributed by atoms with Crippen LogP contribution in [0.15, 0.2) is 0 Å². The van der Waals surface area contributed by atoms with Crippen molar-refractivity contribution in [2.45, 2.75) is 99.2 Å². The van der Waals surface area contributed by atoms with Crippen molar-refractivity contribution in [2.75, 3.05) is 6.61 Å². The fraction of sp³-hybridized carbons (Fsp3) is 1.00. The van der Waals surface area contributed by atoms with Crippen LogP contribution in [0.4, 0.5) is 0 Å². The molecule has 0 aliphatic rings. The van der Waals surface area contributed by atoms with Gasteiger partial charge in [0.15, 0.2) is 8.32 Å². The second-order valence-corrected chi connectivity index (χ2v) is 12.6. The molecule has 0 radical (unpaired) electrons. The van der Waals surface area contributed by atoms with Gasteiger partial charge < -0.3 is 4.43 Å². The van der Waals surface area contributed by atoms with Gasteiger partial charge in [-0.1, -0.05) is 74.7 Å². The first-order chi connectivity index (χ1) is 10.2. The van der Waals surface area contributed by atoms with Crippen LogP contribution in [0.1, 0.15) is 81.1 Å². The molecule has 0 aromatic heterocycles. The molecule has 22 heavy (non-hydrogen) atoms. The number of unbranched alkanes of at least 4 members (excludes halogenated alkanes) is 1. The number of hydrogen-bond donors (Lipinski definition) is 0. The van der Waals surface area contributed by atoms with Crippen molar-refractivity contribution in [2.24, 2.45) is 23.7 Å². The molecule has 2 heteroatoms. The van der Waals surface area contributed by atoms with E-state index in [1.54, 1.807) is 0 Å². The molecule has 0 aliphatic heterocycles. The summed E-state index contributed by atoms with van der Waals surface area (Å²) in [7, 11) is -1.60. The van der Waals surface area contributed by atoms with E-state index in [1.165, 1.54) is 43.8 Å². The molecule has 0 aromatic carbocycles. The van der Waals surface area contributed by atoms with Crippen molar-refractivity contribution in [1.29, 1.82) is 0 Å². The Morgan fingerprint density at radius 2 is 1.23 bits per heavy atom. The first kappa shape index (κ1) is 22.2. The molecule has 0 aromatic rings. The summed E-state index contributed by atoms with van der Waals surface area (Å²) in [5.41, 5.74) is 0. The molecule has 0 N–H and O–H groups in total. The van der Waals surface area contributed by atoms with E-state index in [2.05, 4.69) is 55.4 Å². The molecule has 0 aliphatic carbocycles. The van der Waals surface area contributed by atoms with Crippen molar-refractivity contribution in [3.8, 4) is 0 Å². The highest BCUT2D eigenvalue weighted by Gasteiger charge is 2.37. The second-order valence-electron chi connectivity index (χ2n) is 8.70. The fourth-order valence-electron chi connectivity index (χ4n) is 3.85. The molecule has 0 bridgehead atoms. The average molecular weight is 329 g/mol. The standard InChI is InChI=1S/C20H44OSi/c1-9-11-12-20(10-2)13-21-22(14-17(3)4,15-18(5)6)16-19(7)8/h17-20H,9-16H2,1-8H3. The summed E-state index contributed by atoms with van der Waals surface area (Å²) in [5, 5.41) is 0. The Bertz CT molecular complexity index is 234. The van der Waals surface area contributed by atoms with Crippen LogP contribution in [-0.2, 0) is 4.43 Å². The highest BCUT2D eigenvalue weighted by molar-refractivity contribution is 6.74. The first-order valence-electron chi connectivity index (χ1n) is 9.88. The van der Waals surface area contributed by atoms with Gasteiger partial charge in [0.25, 0.3) is 0 Å². The minimum absolute atomic E-state index is 0.764. The minimum atomic E-state index is -1.60.